The minimum atomic E-state index is -0.256. The Bertz CT molecular complexity index is 1440. The van der Waals surface area contributed by atoms with Crippen LogP contribution >= 0.6 is 23.1 Å². The molecule has 0 unspecified atom stereocenters. The molecule has 0 radical (unpaired) electrons. The van der Waals surface area contributed by atoms with Gasteiger partial charge in [0.1, 0.15) is 4.83 Å². The molecule has 6 nitrogen and oxygen atoms in total. The summed E-state index contributed by atoms with van der Waals surface area (Å²) in [7, 11) is 0. The van der Waals surface area contributed by atoms with Crippen LogP contribution in [0.1, 0.15) is 34.4 Å². The normalized spacial score (nSPS) is 13.3. The van der Waals surface area contributed by atoms with Crippen LogP contribution in [0.4, 0.5) is 0 Å². The quantitative estimate of drug-likeness (QED) is 0.182. The Hall–Kier alpha value is -3.23. The molecular formula is C26H24N4O2S2. The van der Waals surface area contributed by atoms with Crippen LogP contribution in [0.25, 0.3) is 15.9 Å². The van der Waals surface area contributed by atoms with Gasteiger partial charge in [-0.15, -0.1) is 11.3 Å². The number of nitrogens with one attached hydrogen (secondary N) is 1. The number of carbonyl (C=O) groups is 1. The number of thiophene rings is 1. The second-order valence-corrected chi connectivity index (χ2v) is 10.3. The molecule has 0 saturated heterocycles. The van der Waals surface area contributed by atoms with Gasteiger partial charge in [-0.1, -0.05) is 59.8 Å². The van der Waals surface area contributed by atoms with Crippen LogP contribution in [0.5, 0.6) is 0 Å². The van der Waals surface area contributed by atoms with Gasteiger partial charge in [-0.05, 0) is 55.9 Å². The molecule has 0 aliphatic heterocycles. The maximum absolute atomic E-state index is 13.7. The number of hydrogen-bond acceptors (Lipinski definition) is 6. The summed E-state index contributed by atoms with van der Waals surface area (Å²) in [6.07, 6.45) is 5.80. The molecule has 4 aromatic rings. The largest absolute Gasteiger partial charge is 0.272 e. The molecule has 0 spiro atoms. The molecule has 0 saturated carbocycles. The second-order valence-electron chi connectivity index (χ2n) is 8.26. The fourth-order valence-corrected chi connectivity index (χ4v) is 6.29. The predicted octanol–water partition coefficient (Wildman–Crippen LogP) is 4.88. The molecule has 34 heavy (non-hydrogen) atoms. The Kier molecular flexibility index (Phi) is 6.60. The van der Waals surface area contributed by atoms with Crippen LogP contribution in [0.3, 0.4) is 0 Å². The zero-order valence-electron chi connectivity index (χ0n) is 18.8. The highest BCUT2D eigenvalue weighted by atomic mass is 32.2. The van der Waals surface area contributed by atoms with E-state index in [9.17, 15) is 9.59 Å². The second kappa shape index (κ2) is 9.95. The number of rotatable bonds is 6. The molecule has 0 bridgehead atoms. The van der Waals surface area contributed by atoms with Gasteiger partial charge >= 0.3 is 0 Å². The fourth-order valence-electron chi connectivity index (χ4n) is 4.18. The monoisotopic (exact) mass is 488 g/mol. The fraction of sp³-hybridized carbons (Fsp3) is 0.231. The third kappa shape index (κ3) is 4.69. The van der Waals surface area contributed by atoms with Crippen molar-refractivity contribution in [1.29, 1.82) is 0 Å². The average molecular weight is 489 g/mol. The molecule has 1 N–H and O–H groups in total. The molecule has 1 aliphatic carbocycles. The first-order chi connectivity index (χ1) is 16.6. The lowest BCUT2D eigenvalue weighted by molar-refractivity contribution is -0.118. The Balaban J connectivity index is 1.42. The van der Waals surface area contributed by atoms with Crippen LogP contribution < -0.4 is 11.0 Å². The number of fused-ring (bicyclic) bond motifs is 3. The van der Waals surface area contributed by atoms with E-state index in [0.717, 1.165) is 58.3 Å². The number of para-hydroxylation sites is 1. The lowest BCUT2D eigenvalue weighted by Crippen LogP contribution is -2.24. The Labute approximate surface area is 205 Å². The number of nitrogens with zero attached hydrogens (tertiary/aromatic N) is 3. The van der Waals surface area contributed by atoms with Crippen molar-refractivity contribution in [2.45, 2.75) is 37.8 Å². The van der Waals surface area contributed by atoms with Gasteiger partial charge in [0.25, 0.3) is 11.5 Å². The number of aryl methyl sites for hydroxylation is 3. The number of amides is 1. The van der Waals surface area contributed by atoms with E-state index in [1.54, 1.807) is 22.1 Å². The summed E-state index contributed by atoms with van der Waals surface area (Å²) in [5.41, 5.74) is 6.46. The third-order valence-corrected chi connectivity index (χ3v) is 7.87. The summed E-state index contributed by atoms with van der Waals surface area (Å²) in [5, 5.41) is 5.31. The van der Waals surface area contributed by atoms with E-state index >= 15 is 0 Å². The van der Waals surface area contributed by atoms with E-state index in [4.69, 9.17) is 4.98 Å². The summed E-state index contributed by atoms with van der Waals surface area (Å²) < 4.78 is 1.64. The summed E-state index contributed by atoms with van der Waals surface area (Å²) >= 11 is 2.86. The van der Waals surface area contributed by atoms with Crippen molar-refractivity contribution in [3.8, 4) is 5.69 Å². The number of thioether (sulfide) groups is 1. The molecule has 2 heterocycles. The van der Waals surface area contributed by atoms with Crippen molar-refractivity contribution in [1.82, 2.24) is 15.0 Å². The van der Waals surface area contributed by atoms with Gasteiger partial charge in [0.05, 0.1) is 23.0 Å². The first kappa shape index (κ1) is 22.6. The highest BCUT2D eigenvalue weighted by Gasteiger charge is 2.23. The van der Waals surface area contributed by atoms with Gasteiger partial charge in [0.15, 0.2) is 5.16 Å². The van der Waals surface area contributed by atoms with Crippen LogP contribution in [0.15, 0.2) is 69.6 Å². The number of hydrogen-bond donors (Lipinski definition) is 1. The minimum Gasteiger partial charge on any atom is -0.272 e. The number of benzene rings is 2. The SMILES string of the molecule is Cc1cccc(/C=N/NC(=O)CSc2nc3sc4c(c3c(=O)n2-c2ccccc2)CCCC4)c1. The average Bonchev–Trinajstić information content (AvgIpc) is 3.22. The smallest absolute Gasteiger partial charge is 0.267 e. The van der Waals surface area contributed by atoms with E-state index in [1.807, 2.05) is 61.5 Å². The standard InChI is InChI=1S/C26H24N4O2S2/c1-17-8-7-9-18(14-17)15-27-29-22(31)16-33-26-28-24-23(20-12-5-6-13-21(20)34-24)25(32)30(26)19-10-3-2-4-11-19/h2-4,7-11,14-15H,5-6,12-13,16H2,1H3,(H,29,31)/b27-15+. The Morgan fingerprint density at radius 1 is 1.18 bits per heavy atom. The van der Waals surface area contributed by atoms with E-state index in [2.05, 4.69) is 10.5 Å². The summed E-state index contributed by atoms with van der Waals surface area (Å²) in [4.78, 5) is 33.0. The Morgan fingerprint density at radius 3 is 2.82 bits per heavy atom. The number of aromatic nitrogens is 2. The molecular weight excluding hydrogens is 464 g/mol. The van der Waals surface area contributed by atoms with Crippen LogP contribution in [0.2, 0.25) is 0 Å². The highest BCUT2D eigenvalue weighted by Crippen LogP contribution is 2.35. The van der Waals surface area contributed by atoms with Crippen molar-refractivity contribution >= 4 is 45.4 Å². The van der Waals surface area contributed by atoms with E-state index < -0.39 is 0 Å². The molecule has 1 aliphatic rings. The van der Waals surface area contributed by atoms with Crippen molar-refractivity contribution in [3.63, 3.8) is 0 Å². The maximum Gasteiger partial charge on any atom is 0.267 e. The summed E-state index contributed by atoms with van der Waals surface area (Å²) in [6.45, 7) is 2.01. The van der Waals surface area contributed by atoms with Gasteiger partial charge in [-0.3, -0.25) is 14.2 Å². The first-order valence-corrected chi connectivity index (χ1v) is 13.0. The van der Waals surface area contributed by atoms with Gasteiger partial charge in [0, 0.05) is 4.88 Å². The van der Waals surface area contributed by atoms with Gasteiger partial charge in [0.2, 0.25) is 0 Å². The van der Waals surface area contributed by atoms with Gasteiger partial charge in [-0.25, -0.2) is 10.4 Å². The zero-order chi connectivity index (χ0) is 23.5. The van der Waals surface area contributed by atoms with Crippen LogP contribution in [0, 0.1) is 6.92 Å². The van der Waals surface area contributed by atoms with Crippen molar-refractivity contribution < 1.29 is 4.79 Å². The van der Waals surface area contributed by atoms with Gasteiger partial charge < -0.3 is 0 Å². The molecule has 172 valence electrons. The predicted molar refractivity (Wildman–Crippen MR) is 139 cm³/mol. The van der Waals surface area contributed by atoms with Crippen LogP contribution in [-0.4, -0.2) is 27.4 Å². The number of carbonyl (C=O) groups excluding carboxylic acids is 1. The molecule has 2 aromatic carbocycles. The van der Waals surface area contributed by atoms with E-state index in [1.165, 1.54) is 16.6 Å². The molecule has 2 aromatic heterocycles. The number of hydrazone groups is 1. The minimum absolute atomic E-state index is 0.0593. The maximum atomic E-state index is 13.7. The van der Waals surface area contributed by atoms with Gasteiger partial charge in [-0.2, -0.15) is 5.10 Å². The third-order valence-electron chi connectivity index (χ3n) is 5.75. The molecule has 8 heteroatoms. The molecule has 1 amide bonds. The summed E-state index contributed by atoms with van der Waals surface area (Å²) in [5.74, 6) is -0.158. The zero-order valence-corrected chi connectivity index (χ0v) is 20.4. The molecule has 5 rings (SSSR count). The Morgan fingerprint density at radius 2 is 2.00 bits per heavy atom. The summed E-state index contributed by atoms with van der Waals surface area (Å²) in [6, 6.07) is 17.4. The highest BCUT2D eigenvalue weighted by molar-refractivity contribution is 7.99. The van der Waals surface area contributed by atoms with Crippen LogP contribution in [-0.2, 0) is 17.6 Å². The van der Waals surface area contributed by atoms with Crippen molar-refractivity contribution in [2.24, 2.45) is 5.10 Å². The topological polar surface area (TPSA) is 76.3 Å². The first-order valence-electron chi connectivity index (χ1n) is 11.2. The lowest BCUT2D eigenvalue weighted by atomic mass is 9.97. The molecule has 0 atom stereocenters. The lowest BCUT2D eigenvalue weighted by Gasteiger charge is -2.13. The molecule has 0 fully saturated rings. The van der Waals surface area contributed by atoms with Crippen molar-refractivity contribution in [2.75, 3.05) is 5.75 Å². The van der Waals surface area contributed by atoms with Crippen molar-refractivity contribution in [3.05, 3.63) is 86.5 Å². The van der Waals surface area contributed by atoms with E-state index in [-0.39, 0.29) is 17.2 Å². The van der Waals surface area contributed by atoms with E-state index in [0.29, 0.717) is 5.16 Å².